The Morgan fingerprint density at radius 1 is 1.24 bits per heavy atom. The van der Waals surface area contributed by atoms with Crippen molar-refractivity contribution in [2.24, 2.45) is 0 Å². The molecule has 0 aliphatic rings. The average Bonchev–Trinajstić information content (AvgIpc) is 2.98. The first-order chi connectivity index (χ1) is 11.9. The van der Waals surface area contributed by atoms with Gasteiger partial charge in [-0.15, -0.1) is 0 Å². The predicted octanol–water partition coefficient (Wildman–Crippen LogP) is 1.10. The summed E-state index contributed by atoms with van der Waals surface area (Å²) in [4.78, 5) is 38.8. The first-order valence-corrected chi connectivity index (χ1v) is 8.62. The van der Waals surface area contributed by atoms with Gasteiger partial charge in [0, 0.05) is 6.04 Å². The number of amides is 2. The molecule has 0 saturated carbocycles. The largest absolute Gasteiger partial charge is 0.455 e. The van der Waals surface area contributed by atoms with Gasteiger partial charge in [-0.3, -0.25) is 14.4 Å². The molecule has 0 unspecified atom stereocenters. The monoisotopic (exact) mass is 365 g/mol. The van der Waals surface area contributed by atoms with E-state index in [9.17, 15) is 14.4 Å². The lowest BCUT2D eigenvalue weighted by molar-refractivity contribution is -0.146. The first-order valence-electron chi connectivity index (χ1n) is 7.64. The molecule has 1 aromatic carbocycles. The summed E-state index contributed by atoms with van der Waals surface area (Å²) in [6.45, 7) is 3.03. The lowest BCUT2D eigenvalue weighted by Gasteiger charge is -2.09. The fourth-order valence-electron chi connectivity index (χ4n) is 1.82. The summed E-state index contributed by atoms with van der Waals surface area (Å²) >= 11 is 1.08. The summed E-state index contributed by atoms with van der Waals surface area (Å²) in [5, 5.41) is 5.35. The number of esters is 1. The van der Waals surface area contributed by atoms with Crippen molar-refractivity contribution in [1.82, 2.24) is 15.6 Å². The summed E-state index contributed by atoms with van der Waals surface area (Å²) in [6, 6.07) is 7.25. The van der Waals surface area contributed by atoms with Crippen LogP contribution in [0.5, 0.6) is 0 Å². The van der Waals surface area contributed by atoms with E-state index in [4.69, 9.17) is 9.15 Å². The Kier molecular flexibility index (Phi) is 6.81. The predicted molar refractivity (Wildman–Crippen MR) is 92.0 cm³/mol. The number of rotatable bonds is 8. The van der Waals surface area contributed by atoms with Crippen LogP contribution in [0, 0.1) is 0 Å². The van der Waals surface area contributed by atoms with E-state index >= 15 is 0 Å². The topological polar surface area (TPSA) is 111 Å². The highest BCUT2D eigenvalue weighted by Crippen LogP contribution is 2.22. The van der Waals surface area contributed by atoms with E-state index in [0.717, 1.165) is 11.8 Å². The van der Waals surface area contributed by atoms with E-state index in [2.05, 4.69) is 15.6 Å². The maximum absolute atomic E-state index is 11.6. The highest BCUT2D eigenvalue weighted by molar-refractivity contribution is 7.99. The van der Waals surface area contributed by atoms with Crippen LogP contribution in [0.4, 0.5) is 0 Å². The fraction of sp³-hybridized carbons (Fsp3) is 0.375. The summed E-state index contributed by atoms with van der Waals surface area (Å²) in [6.07, 6.45) is 0. The van der Waals surface area contributed by atoms with Crippen molar-refractivity contribution in [2.75, 3.05) is 18.9 Å². The fourth-order valence-corrected chi connectivity index (χ4v) is 2.46. The second kappa shape index (κ2) is 9.07. The molecule has 0 radical (unpaired) electrons. The van der Waals surface area contributed by atoms with Crippen LogP contribution in [0.25, 0.3) is 11.1 Å². The van der Waals surface area contributed by atoms with Crippen LogP contribution in [0.3, 0.4) is 0 Å². The third-order valence-corrected chi connectivity index (χ3v) is 3.65. The van der Waals surface area contributed by atoms with Gasteiger partial charge in [0.1, 0.15) is 11.3 Å². The van der Waals surface area contributed by atoms with Crippen LogP contribution in [-0.4, -0.2) is 47.7 Å². The Bertz CT molecular complexity index is 726. The Labute approximate surface area is 148 Å². The zero-order valence-electron chi connectivity index (χ0n) is 13.9. The van der Waals surface area contributed by atoms with Crippen LogP contribution >= 0.6 is 11.8 Å². The van der Waals surface area contributed by atoms with Gasteiger partial charge in [0.05, 0.1) is 6.54 Å². The molecule has 25 heavy (non-hydrogen) atoms. The summed E-state index contributed by atoms with van der Waals surface area (Å²) in [5.41, 5.74) is 1.34. The lowest BCUT2D eigenvalue weighted by atomic mass is 10.3. The molecular weight excluding hydrogens is 346 g/mol. The number of carbonyl (C=O) groups is 3. The Morgan fingerprint density at radius 2 is 2.00 bits per heavy atom. The summed E-state index contributed by atoms with van der Waals surface area (Å²) in [7, 11) is 0. The van der Waals surface area contributed by atoms with Crippen LogP contribution in [0.15, 0.2) is 33.9 Å². The number of carbonyl (C=O) groups excluding carboxylic acids is 3. The Hall–Kier alpha value is -2.55. The number of para-hydroxylation sites is 2. The molecule has 0 aliphatic heterocycles. The molecule has 0 spiro atoms. The molecule has 0 bridgehead atoms. The standard InChI is InChI=1S/C16H19N3O5S/c1-10(2)18-13(20)7-17-14(21)8-23-15(22)9-25-16-19-11-5-3-4-6-12(11)24-16/h3-6,10H,7-9H2,1-2H3,(H,17,21)(H,18,20). The van der Waals surface area contributed by atoms with Crippen LogP contribution in [-0.2, 0) is 19.1 Å². The molecule has 0 saturated heterocycles. The summed E-state index contributed by atoms with van der Waals surface area (Å²) < 4.78 is 10.3. The van der Waals surface area contributed by atoms with E-state index in [1.165, 1.54) is 0 Å². The second-order valence-corrected chi connectivity index (χ2v) is 6.32. The number of hydrogen-bond donors (Lipinski definition) is 2. The molecule has 2 aromatic rings. The smallest absolute Gasteiger partial charge is 0.316 e. The molecule has 1 heterocycles. The van der Waals surface area contributed by atoms with Gasteiger partial charge in [0.15, 0.2) is 12.2 Å². The van der Waals surface area contributed by atoms with E-state index < -0.39 is 18.5 Å². The highest BCUT2D eigenvalue weighted by Gasteiger charge is 2.12. The lowest BCUT2D eigenvalue weighted by Crippen LogP contribution is -2.41. The summed E-state index contributed by atoms with van der Waals surface area (Å²) in [5.74, 6) is -1.46. The Balaban J connectivity index is 1.66. The van der Waals surface area contributed by atoms with E-state index in [1.54, 1.807) is 12.1 Å². The number of thioether (sulfide) groups is 1. The molecule has 1 aromatic heterocycles. The van der Waals surface area contributed by atoms with Crippen molar-refractivity contribution in [3.63, 3.8) is 0 Å². The van der Waals surface area contributed by atoms with Gasteiger partial charge in [-0.1, -0.05) is 23.9 Å². The highest BCUT2D eigenvalue weighted by atomic mass is 32.2. The van der Waals surface area contributed by atoms with Gasteiger partial charge in [0.2, 0.25) is 5.91 Å². The number of benzene rings is 1. The van der Waals surface area contributed by atoms with Crippen molar-refractivity contribution in [1.29, 1.82) is 0 Å². The van der Waals surface area contributed by atoms with Gasteiger partial charge >= 0.3 is 5.97 Å². The Morgan fingerprint density at radius 3 is 2.72 bits per heavy atom. The van der Waals surface area contributed by atoms with Gasteiger partial charge in [-0.2, -0.15) is 0 Å². The number of oxazole rings is 1. The van der Waals surface area contributed by atoms with Crippen molar-refractivity contribution < 1.29 is 23.5 Å². The van der Waals surface area contributed by atoms with E-state index in [-0.39, 0.29) is 24.2 Å². The molecule has 2 N–H and O–H groups in total. The van der Waals surface area contributed by atoms with E-state index in [0.29, 0.717) is 16.3 Å². The number of ether oxygens (including phenoxy) is 1. The van der Waals surface area contributed by atoms with E-state index in [1.807, 2.05) is 26.0 Å². The van der Waals surface area contributed by atoms with Gasteiger partial charge in [-0.25, -0.2) is 4.98 Å². The molecule has 2 rings (SSSR count). The molecule has 0 aliphatic carbocycles. The SMILES string of the molecule is CC(C)NC(=O)CNC(=O)COC(=O)CSc1nc2ccccc2o1. The van der Waals surface area contributed by atoms with Crippen LogP contribution in [0.2, 0.25) is 0 Å². The number of fused-ring (bicyclic) bond motifs is 1. The normalized spacial score (nSPS) is 10.7. The molecule has 134 valence electrons. The minimum absolute atomic E-state index is 0.00823. The van der Waals surface area contributed by atoms with Gasteiger partial charge in [0.25, 0.3) is 11.1 Å². The second-order valence-electron chi connectivity index (χ2n) is 5.40. The van der Waals surface area contributed by atoms with Crippen molar-refractivity contribution in [3.05, 3.63) is 24.3 Å². The number of hydrogen-bond acceptors (Lipinski definition) is 7. The minimum atomic E-state index is -0.575. The zero-order chi connectivity index (χ0) is 18.2. The van der Waals surface area contributed by atoms with Crippen LogP contribution < -0.4 is 10.6 Å². The molecule has 2 amide bonds. The van der Waals surface area contributed by atoms with Gasteiger partial charge < -0.3 is 19.8 Å². The number of aromatic nitrogens is 1. The number of nitrogens with zero attached hydrogens (tertiary/aromatic N) is 1. The molecule has 8 nitrogen and oxygen atoms in total. The molecular formula is C16H19N3O5S. The van der Waals surface area contributed by atoms with Crippen molar-refractivity contribution >= 4 is 40.6 Å². The maximum atomic E-state index is 11.6. The average molecular weight is 365 g/mol. The first kappa shape index (κ1) is 18.8. The third kappa shape index (κ3) is 6.46. The number of nitrogens with one attached hydrogen (secondary N) is 2. The third-order valence-electron chi connectivity index (χ3n) is 2.85. The zero-order valence-corrected chi connectivity index (χ0v) is 14.7. The molecule has 0 atom stereocenters. The van der Waals surface area contributed by atoms with Crippen molar-refractivity contribution in [2.45, 2.75) is 25.1 Å². The molecule has 9 heteroatoms. The maximum Gasteiger partial charge on any atom is 0.316 e. The quantitative estimate of drug-likeness (QED) is 0.532. The van der Waals surface area contributed by atoms with Crippen molar-refractivity contribution in [3.8, 4) is 0 Å². The van der Waals surface area contributed by atoms with Gasteiger partial charge in [-0.05, 0) is 26.0 Å². The minimum Gasteiger partial charge on any atom is -0.455 e. The van der Waals surface area contributed by atoms with Crippen LogP contribution in [0.1, 0.15) is 13.8 Å². The molecule has 0 fully saturated rings.